The number of halogens is 2. The van der Waals surface area contributed by atoms with Gasteiger partial charge in [-0.15, -0.1) is 0 Å². The summed E-state index contributed by atoms with van der Waals surface area (Å²) in [6.45, 7) is 0.0468. The van der Waals surface area contributed by atoms with Crippen molar-refractivity contribution < 1.29 is 12.6 Å². The monoisotopic (exact) mass is 358 g/mol. The van der Waals surface area contributed by atoms with Gasteiger partial charge in [0.25, 0.3) is 10.1 Å². The van der Waals surface area contributed by atoms with Gasteiger partial charge in [-0.1, -0.05) is 53.5 Å². The second-order valence-corrected chi connectivity index (χ2v) is 7.53. The van der Waals surface area contributed by atoms with Gasteiger partial charge >= 0.3 is 0 Å². The van der Waals surface area contributed by atoms with E-state index in [0.29, 0.717) is 16.5 Å². The third kappa shape index (κ3) is 5.29. The van der Waals surface area contributed by atoms with E-state index in [1.54, 1.807) is 18.2 Å². The Morgan fingerprint density at radius 3 is 2.27 bits per heavy atom. The Morgan fingerprint density at radius 2 is 1.68 bits per heavy atom. The molecule has 0 aliphatic carbocycles. The lowest BCUT2D eigenvalue weighted by Gasteiger charge is -2.18. The first kappa shape index (κ1) is 17.3. The molecule has 0 saturated heterocycles. The van der Waals surface area contributed by atoms with Crippen molar-refractivity contribution in [3.05, 3.63) is 69.7 Å². The molecule has 0 fully saturated rings. The van der Waals surface area contributed by atoms with Crippen LogP contribution < -0.4 is 0 Å². The van der Waals surface area contributed by atoms with Gasteiger partial charge in [-0.25, -0.2) is 0 Å². The van der Waals surface area contributed by atoms with Crippen LogP contribution in [0.4, 0.5) is 0 Å². The van der Waals surface area contributed by atoms with Crippen molar-refractivity contribution in [3.8, 4) is 0 Å². The summed E-state index contributed by atoms with van der Waals surface area (Å²) in [5.41, 5.74) is 1.90. The van der Waals surface area contributed by atoms with Crippen LogP contribution in [-0.4, -0.2) is 21.3 Å². The van der Waals surface area contributed by atoms with E-state index in [4.69, 9.17) is 27.4 Å². The van der Waals surface area contributed by atoms with Gasteiger partial charge in [-0.05, 0) is 35.7 Å². The van der Waals surface area contributed by atoms with Crippen molar-refractivity contribution in [2.75, 3.05) is 12.9 Å². The zero-order chi connectivity index (χ0) is 16.2. The molecule has 0 heterocycles. The predicted molar refractivity (Wildman–Crippen MR) is 90.1 cm³/mol. The Labute approximate surface area is 141 Å². The molecular weight excluding hydrogens is 343 g/mol. The van der Waals surface area contributed by atoms with Crippen LogP contribution in [0.15, 0.2) is 48.5 Å². The van der Waals surface area contributed by atoms with E-state index in [2.05, 4.69) is 0 Å². The van der Waals surface area contributed by atoms with E-state index < -0.39 is 10.1 Å². The van der Waals surface area contributed by atoms with Gasteiger partial charge < -0.3 is 0 Å². The summed E-state index contributed by atoms with van der Waals surface area (Å²) in [6, 6.07) is 14.8. The van der Waals surface area contributed by atoms with Gasteiger partial charge in [-0.3, -0.25) is 4.18 Å². The molecule has 0 radical (unpaired) electrons. The van der Waals surface area contributed by atoms with E-state index >= 15 is 0 Å². The quantitative estimate of drug-likeness (QED) is 0.723. The van der Waals surface area contributed by atoms with Crippen molar-refractivity contribution in [1.82, 2.24) is 0 Å². The van der Waals surface area contributed by atoms with E-state index in [1.165, 1.54) is 0 Å². The normalized spacial score (nSPS) is 13.0. The van der Waals surface area contributed by atoms with Gasteiger partial charge in [0.15, 0.2) is 0 Å². The highest BCUT2D eigenvalue weighted by atomic mass is 35.5. The predicted octanol–water partition coefficient (Wildman–Crippen LogP) is 4.30. The van der Waals surface area contributed by atoms with Gasteiger partial charge in [0.1, 0.15) is 0 Å². The Morgan fingerprint density at radius 1 is 1.05 bits per heavy atom. The maximum atomic E-state index is 11.3. The Balaban J connectivity index is 2.25. The molecule has 0 N–H and O–H groups in total. The van der Waals surface area contributed by atoms with Crippen LogP contribution in [0.3, 0.4) is 0 Å². The molecule has 0 aliphatic heterocycles. The molecule has 0 aliphatic rings. The van der Waals surface area contributed by atoms with Crippen LogP contribution >= 0.6 is 23.2 Å². The lowest BCUT2D eigenvalue weighted by molar-refractivity contribution is 0.293. The summed E-state index contributed by atoms with van der Waals surface area (Å²) in [6.07, 6.45) is 1.65. The highest BCUT2D eigenvalue weighted by molar-refractivity contribution is 7.85. The van der Waals surface area contributed by atoms with Gasteiger partial charge in [0, 0.05) is 16.0 Å². The van der Waals surface area contributed by atoms with Crippen LogP contribution in [0.1, 0.15) is 17.0 Å². The molecular formula is C16H16Cl2O3S. The molecule has 0 bridgehead atoms. The Kier molecular flexibility index (Phi) is 5.87. The number of hydrogen-bond donors (Lipinski definition) is 0. The summed E-state index contributed by atoms with van der Waals surface area (Å²) < 4.78 is 27.5. The average Bonchev–Trinajstić information content (AvgIpc) is 2.45. The van der Waals surface area contributed by atoms with Gasteiger partial charge in [0.05, 0.1) is 12.9 Å². The molecule has 2 rings (SSSR count). The molecule has 0 saturated carbocycles. The minimum Gasteiger partial charge on any atom is -0.270 e. The molecule has 1 atom stereocenters. The molecule has 0 aromatic heterocycles. The number of benzene rings is 2. The second-order valence-electron chi connectivity index (χ2n) is 5.04. The standard InChI is InChI=1S/C16H16Cl2O3S/c1-22(19,20)21-11-13(15-4-2-3-5-16(15)18)10-12-6-8-14(17)9-7-12/h2-9,13H,10-11H2,1H3/t13-/m0/s1. The van der Waals surface area contributed by atoms with Crippen LogP contribution in [-0.2, 0) is 20.7 Å². The minimum atomic E-state index is -3.50. The molecule has 6 heteroatoms. The van der Waals surface area contributed by atoms with Crippen molar-refractivity contribution in [3.63, 3.8) is 0 Å². The van der Waals surface area contributed by atoms with Crippen LogP contribution in [0, 0.1) is 0 Å². The van der Waals surface area contributed by atoms with E-state index in [0.717, 1.165) is 17.4 Å². The first-order chi connectivity index (χ1) is 10.3. The summed E-state index contributed by atoms with van der Waals surface area (Å²) >= 11 is 12.1. The first-order valence-electron chi connectivity index (χ1n) is 6.68. The van der Waals surface area contributed by atoms with Gasteiger partial charge in [-0.2, -0.15) is 8.42 Å². The Bertz CT molecular complexity index is 727. The SMILES string of the molecule is CS(=O)(=O)OC[C@H](Cc1ccc(Cl)cc1)c1ccccc1Cl. The summed E-state index contributed by atoms with van der Waals surface area (Å²) in [5.74, 6) is -0.162. The van der Waals surface area contributed by atoms with Gasteiger partial charge in [0.2, 0.25) is 0 Å². The van der Waals surface area contributed by atoms with E-state index in [1.807, 2.05) is 30.3 Å². The fourth-order valence-corrected chi connectivity index (χ4v) is 3.00. The maximum absolute atomic E-state index is 11.3. The zero-order valence-electron chi connectivity index (χ0n) is 12.0. The summed E-state index contributed by atoms with van der Waals surface area (Å²) in [4.78, 5) is 0. The Hall–Kier alpha value is -1.07. The zero-order valence-corrected chi connectivity index (χ0v) is 14.3. The minimum absolute atomic E-state index is 0.0468. The fraction of sp³-hybridized carbons (Fsp3) is 0.250. The van der Waals surface area contributed by atoms with Crippen molar-refractivity contribution in [1.29, 1.82) is 0 Å². The lowest BCUT2D eigenvalue weighted by Crippen LogP contribution is -2.15. The topological polar surface area (TPSA) is 43.4 Å². The van der Waals surface area contributed by atoms with Crippen LogP contribution in [0.25, 0.3) is 0 Å². The number of rotatable bonds is 6. The third-order valence-corrected chi connectivity index (χ3v) is 4.38. The highest BCUT2D eigenvalue weighted by Gasteiger charge is 2.18. The maximum Gasteiger partial charge on any atom is 0.264 e. The van der Waals surface area contributed by atoms with Crippen molar-refractivity contribution in [2.45, 2.75) is 12.3 Å². The smallest absolute Gasteiger partial charge is 0.264 e. The van der Waals surface area contributed by atoms with Crippen molar-refractivity contribution >= 4 is 33.3 Å². The fourth-order valence-electron chi connectivity index (χ4n) is 2.18. The van der Waals surface area contributed by atoms with E-state index in [-0.39, 0.29) is 12.5 Å². The molecule has 2 aromatic rings. The highest BCUT2D eigenvalue weighted by Crippen LogP contribution is 2.28. The first-order valence-corrected chi connectivity index (χ1v) is 9.25. The molecule has 0 unspecified atom stereocenters. The van der Waals surface area contributed by atoms with Crippen LogP contribution in [0.2, 0.25) is 10.0 Å². The second kappa shape index (κ2) is 7.47. The molecule has 0 amide bonds. The largest absolute Gasteiger partial charge is 0.270 e. The average molecular weight is 359 g/mol. The molecule has 118 valence electrons. The molecule has 3 nitrogen and oxygen atoms in total. The molecule has 22 heavy (non-hydrogen) atoms. The number of hydrogen-bond acceptors (Lipinski definition) is 3. The third-order valence-electron chi connectivity index (χ3n) is 3.22. The van der Waals surface area contributed by atoms with Crippen LogP contribution in [0.5, 0.6) is 0 Å². The summed E-state index contributed by atoms with van der Waals surface area (Å²) in [5, 5.41) is 1.25. The summed E-state index contributed by atoms with van der Waals surface area (Å²) in [7, 11) is -3.50. The lowest BCUT2D eigenvalue weighted by atomic mass is 9.93. The molecule has 2 aromatic carbocycles. The van der Waals surface area contributed by atoms with E-state index in [9.17, 15) is 8.42 Å². The molecule has 0 spiro atoms. The van der Waals surface area contributed by atoms with Crippen molar-refractivity contribution in [2.24, 2.45) is 0 Å².